The van der Waals surface area contributed by atoms with Gasteiger partial charge in [-0.15, -0.1) is 0 Å². The summed E-state index contributed by atoms with van der Waals surface area (Å²) in [6, 6.07) is 0. The second-order valence-corrected chi connectivity index (χ2v) is 14.7. The predicted molar refractivity (Wildman–Crippen MR) is 155 cm³/mol. The summed E-state index contributed by atoms with van der Waals surface area (Å²) in [5.41, 5.74) is -4.16. The van der Waals surface area contributed by atoms with E-state index in [1.807, 2.05) is 13.8 Å². The molecule has 0 bridgehead atoms. The molecule has 12 atom stereocenters. The Balaban J connectivity index is 1.58. The SMILES string of the molecule is CC(=O)OC[C@@H](C)[C@]1(O)C[C@@]2(C)C(=CC1=O)[C@@H]1[C@H](C(=O)[C@@H]2C)[C@H]2C(=O)[C@H](C)[C@@]3(C)C[C@@](O)([C@H](C)COC(C)=O)C(=O)C=C3[C@H]21. The third-order valence-electron chi connectivity index (χ3n) is 12.4. The van der Waals surface area contributed by atoms with Gasteiger partial charge in [0, 0.05) is 60.2 Å². The average Bonchev–Trinajstić information content (AvgIpc) is 2.92. The van der Waals surface area contributed by atoms with E-state index >= 15 is 0 Å². The lowest BCUT2D eigenvalue weighted by atomic mass is 9.34. The van der Waals surface area contributed by atoms with Crippen molar-refractivity contribution in [2.75, 3.05) is 13.2 Å². The molecule has 0 aliphatic heterocycles. The van der Waals surface area contributed by atoms with Crippen molar-refractivity contribution in [3.63, 3.8) is 0 Å². The van der Waals surface area contributed by atoms with Crippen LogP contribution in [0.4, 0.5) is 0 Å². The number of rotatable bonds is 6. The highest BCUT2D eigenvalue weighted by Crippen LogP contribution is 2.71. The molecule has 2 N–H and O–H groups in total. The number of allylic oxidation sites excluding steroid dienone is 2. The molecule has 0 saturated heterocycles. The molecule has 10 nitrogen and oxygen atoms in total. The van der Waals surface area contributed by atoms with Gasteiger partial charge in [0.25, 0.3) is 0 Å². The van der Waals surface area contributed by atoms with Crippen LogP contribution in [0.1, 0.15) is 68.2 Å². The summed E-state index contributed by atoms with van der Waals surface area (Å²) >= 11 is 0. The van der Waals surface area contributed by atoms with Crippen molar-refractivity contribution in [1.82, 2.24) is 0 Å². The first-order valence-electron chi connectivity index (χ1n) is 15.6. The van der Waals surface area contributed by atoms with E-state index in [9.17, 15) is 39.0 Å². The number of aliphatic hydroxyl groups is 2. The normalized spacial score (nSPS) is 44.0. The van der Waals surface area contributed by atoms with Crippen LogP contribution in [0.15, 0.2) is 23.3 Å². The first-order valence-corrected chi connectivity index (χ1v) is 15.6. The molecule has 240 valence electrons. The number of hydrogen-bond acceptors (Lipinski definition) is 10. The van der Waals surface area contributed by atoms with Crippen molar-refractivity contribution in [3.8, 4) is 0 Å². The van der Waals surface area contributed by atoms with Crippen molar-refractivity contribution in [2.45, 2.75) is 79.4 Å². The largest absolute Gasteiger partial charge is 0.465 e. The molecule has 10 heteroatoms. The second-order valence-electron chi connectivity index (χ2n) is 14.7. The van der Waals surface area contributed by atoms with Gasteiger partial charge in [-0.25, -0.2) is 0 Å². The lowest BCUT2D eigenvalue weighted by Gasteiger charge is -2.67. The number of esters is 2. The molecule has 3 fully saturated rings. The third kappa shape index (κ3) is 4.26. The van der Waals surface area contributed by atoms with Crippen LogP contribution in [-0.2, 0) is 38.2 Å². The Labute approximate surface area is 257 Å². The van der Waals surface area contributed by atoms with Crippen LogP contribution in [-0.4, -0.2) is 69.7 Å². The summed E-state index contributed by atoms with van der Waals surface area (Å²) in [6.07, 6.45) is 2.78. The van der Waals surface area contributed by atoms with Crippen LogP contribution in [0.3, 0.4) is 0 Å². The summed E-state index contributed by atoms with van der Waals surface area (Å²) in [7, 11) is 0. The second kappa shape index (κ2) is 10.3. The maximum atomic E-state index is 14.1. The minimum atomic E-state index is -1.86. The molecule has 0 heterocycles. The van der Waals surface area contributed by atoms with Gasteiger partial charge >= 0.3 is 11.9 Å². The maximum absolute atomic E-state index is 14.1. The van der Waals surface area contributed by atoms with E-state index < -0.39 is 92.9 Å². The lowest BCUT2D eigenvalue weighted by Crippen LogP contribution is -2.70. The Hall–Kier alpha value is -2.98. The van der Waals surface area contributed by atoms with Crippen molar-refractivity contribution >= 4 is 35.1 Å². The van der Waals surface area contributed by atoms with E-state index in [1.165, 1.54) is 26.0 Å². The number of carbonyl (C=O) groups is 6. The van der Waals surface area contributed by atoms with Crippen LogP contribution in [0.5, 0.6) is 0 Å². The van der Waals surface area contributed by atoms with Crippen molar-refractivity contribution in [2.24, 2.45) is 58.2 Å². The zero-order valence-corrected chi connectivity index (χ0v) is 26.8. The Bertz CT molecular complexity index is 1320. The number of hydrogen-bond donors (Lipinski definition) is 2. The topological polar surface area (TPSA) is 161 Å². The molecule has 0 aromatic heterocycles. The maximum Gasteiger partial charge on any atom is 0.302 e. The zero-order chi connectivity index (χ0) is 32.9. The Morgan fingerprint density at radius 1 is 0.727 bits per heavy atom. The standard InChI is InChI=1S/C34H44O10/c1-15(11-43-19(5)35)33(41)13-31(7)17(3)29(39)27-25(21(31)9-23(33)37)26-22-10-24(38)34(42,16(2)12-44-20(6)36)14-32(22,8)18(4)30(40)28(26)27/h9-10,15-18,25-28,41-42H,11-14H2,1-8H3/t15-,16-,17+,18+,25+,26+,27+,28+,31-,32-,33-,34-/m1/s1. The molecule has 44 heavy (non-hydrogen) atoms. The fraction of sp³-hybridized carbons (Fsp3) is 0.706. The van der Waals surface area contributed by atoms with E-state index in [0.717, 1.165) is 0 Å². The van der Waals surface area contributed by atoms with Crippen molar-refractivity contribution < 1.29 is 48.5 Å². The van der Waals surface area contributed by atoms with E-state index in [-0.39, 0.29) is 37.6 Å². The molecule has 0 radical (unpaired) electrons. The van der Waals surface area contributed by atoms with E-state index in [4.69, 9.17) is 9.47 Å². The molecule has 5 aliphatic rings. The number of Topliss-reactive ketones (excluding diaryl/α,β-unsaturated/α-hetero) is 2. The van der Waals surface area contributed by atoms with Crippen LogP contribution < -0.4 is 0 Å². The molecule has 3 saturated carbocycles. The van der Waals surface area contributed by atoms with Gasteiger partial charge < -0.3 is 19.7 Å². The molecule has 0 spiro atoms. The Morgan fingerprint density at radius 3 is 1.34 bits per heavy atom. The van der Waals surface area contributed by atoms with E-state index in [0.29, 0.717) is 11.1 Å². The van der Waals surface area contributed by atoms with Gasteiger partial charge in [-0.2, -0.15) is 0 Å². The van der Waals surface area contributed by atoms with Crippen LogP contribution >= 0.6 is 0 Å². The molecule has 0 aromatic rings. The quantitative estimate of drug-likeness (QED) is 0.427. The first-order chi connectivity index (χ1) is 20.3. The summed E-state index contributed by atoms with van der Waals surface area (Å²) in [5.74, 6) is -7.28. The van der Waals surface area contributed by atoms with E-state index in [1.54, 1.807) is 27.7 Å². The van der Waals surface area contributed by atoms with Gasteiger partial charge in [0.15, 0.2) is 11.6 Å². The van der Waals surface area contributed by atoms with Gasteiger partial charge in [0.2, 0.25) is 0 Å². The van der Waals surface area contributed by atoms with Gasteiger partial charge in [-0.05, 0) is 36.8 Å². The number of ether oxygens (including phenoxy) is 2. The summed E-state index contributed by atoms with van der Waals surface area (Å²) < 4.78 is 10.2. The average molecular weight is 613 g/mol. The minimum absolute atomic E-state index is 0.0480. The molecular weight excluding hydrogens is 568 g/mol. The van der Waals surface area contributed by atoms with Crippen molar-refractivity contribution in [3.05, 3.63) is 23.3 Å². The van der Waals surface area contributed by atoms with Crippen LogP contribution in [0.2, 0.25) is 0 Å². The lowest BCUT2D eigenvalue weighted by molar-refractivity contribution is -0.179. The molecule has 5 aliphatic carbocycles. The molecule has 5 rings (SSSR count). The first kappa shape index (κ1) is 32.4. The van der Waals surface area contributed by atoms with Gasteiger partial charge in [0.05, 0.1) is 13.2 Å². The highest BCUT2D eigenvalue weighted by atomic mass is 16.5. The molecule has 0 unspecified atom stereocenters. The van der Waals surface area contributed by atoms with Gasteiger partial charge in [0.1, 0.15) is 22.8 Å². The van der Waals surface area contributed by atoms with Crippen LogP contribution in [0, 0.1) is 58.2 Å². The smallest absolute Gasteiger partial charge is 0.302 e. The van der Waals surface area contributed by atoms with E-state index in [2.05, 4.69) is 0 Å². The summed E-state index contributed by atoms with van der Waals surface area (Å²) in [5, 5.41) is 23.4. The molecular formula is C34H44O10. The molecule has 0 aromatic carbocycles. The zero-order valence-electron chi connectivity index (χ0n) is 26.8. The number of carbonyl (C=O) groups excluding carboxylic acids is 6. The third-order valence-corrected chi connectivity index (χ3v) is 12.4. The number of ketones is 4. The van der Waals surface area contributed by atoms with Crippen LogP contribution in [0.25, 0.3) is 0 Å². The monoisotopic (exact) mass is 612 g/mol. The Morgan fingerprint density at radius 2 is 1.05 bits per heavy atom. The highest BCUT2D eigenvalue weighted by molar-refractivity contribution is 6.04. The number of fused-ring (bicyclic) bond motifs is 8. The fourth-order valence-corrected chi connectivity index (χ4v) is 9.15. The molecule has 0 amide bonds. The fourth-order valence-electron chi connectivity index (χ4n) is 9.15. The Kier molecular flexibility index (Phi) is 7.57. The summed E-state index contributed by atoms with van der Waals surface area (Å²) in [6.45, 7) is 12.7. The predicted octanol–water partition coefficient (Wildman–Crippen LogP) is 2.57. The minimum Gasteiger partial charge on any atom is -0.465 e. The van der Waals surface area contributed by atoms with Crippen molar-refractivity contribution in [1.29, 1.82) is 0 Å². The summed E-state index contributed by atoms with van der Waals surface area (Å²) in [4.78, 5) is 78.3. The van der Waals surface area contributed by atoms with Gasteiger partial charge in [-0.3, -0.25) is 28.8 Å². The van der Waals surface area contributed by atoms with Gasteiger partial charge in [-0.1, -0.05) is 52.7 Å². The highest BCUT2D eigenvalue weighted by Gasteiger charge is 2.73.